The van der Waals surface area contributed by atoms with Crippen LogP contribution in [0.1, 0.15) is 6.92 Å². The second-order valence-corrected chi connectivity index (χ2v) is 4.50. The molecule has 0 unspecified atom stereocenters. The number of hydrogen-bond acceptors (Lipinski definition) is 0. The maximum absolute atomic E-state index is 3.25. The zero-order chi connectivity index (χ0) is 5.58. The molecule has 0 atom stereocenters. The van der Waals surface area contributed by atoms with Crippen LogP contribution >= 0.6 is 0 Å². The van der Waals surface area contributed by atoms with Gasteiger partial charge >= 0.3 is 0 Å². The van der Waals surface area contributed by atoms with E-state index in [4.69, 9.17) is 0 Å². The summed E-state index contributed by atoms with van der Waals surface area (Å²) < 4.78 is 0. The quantitative estimate of drug-likeness (QED) is 0.379. The van der Waals surface area contributed by atoms with Crippen molar-refractivity contribution >= 4 is 8.80 Å². The molecule has 0 saturated heterocycles. The Morgan fingerprint density at radius 3 is 1.00 bits per heavy atom. The van der Waals surface area contributed by atoms with Crippen molar-refractivity contribution in [2.45, 2.75) is 26.6 Å². The third-order valence-electron chi connectivity index (χ3n) is 0. The van der Waals surface area contributed by atoms with Gasteiger partial charge in [0.05, 0.1) is 0 Å². The van der Waals surface area contributed by atoms with Gasteiger partial charge in [-0.05, 0) is 0 Å². The number of rotatable bonds is 0. The zero-order valence-electron chi connectivity index (χ0n) is 6.78. The molecule has 50 valence electrons. The third-order valence-corrected chi connectivity index (χ3v) is 0. The standard InChI is InChI=1S/C3H9Si.C2H5.CH3.Sc/c1-4(2)3;1-2;;/h1-3H3;1H2,2H3;1H3;/q;2*-1;. The van der Waals surface area contributed by atoms with Crippen molar-refractivity contribution in [2.24, 2.45) is 0 Å². The average molecular weight is 162 g/mol. The van der Waals surface area contributed by atoms with Crippen LogP contribution in [-0.2, 0) is 25.8 Å². The fourth-order valence-electron chi connectivity index (χ4n) is 0. The molecule has 0 aromatic carbocycles. The minimum Gasteiger partial charge on any atom is -0.358 e. The molecule has 0 heterocycles. The van der Waals surface area contributed by atoms with Gasteiger partial charge in [0.25, 0.3) is 0 Å². The van der Waals surface area contributed by atoms with Gasteiger partial charge in [-0.15, -0.1) is 0 Å². The molecular weight excluding hydrogens is 145 g/mol. The van der Waals surface area contributed by atoms with Crippen LogP contribution in [0, 0.1) is 14.4 Å². The molecular formula is C6H17ScSi-2. The number of hydrogen-bond donors (Lipinski definition) is 0. The Morgan fingerprint density at radius 2 is 1.00 bits per heavy atom. The van der Waals surface area contributed by atoms with Gasteiger partial charge < -0.3 is 14.4 Å². The van der Waals surface area contributed by atoms with Crippen molar-refractivity contribution in [3.63, 3.8) is 0 Å². The molecule has 2 heteroatoms. The minimum atomic E-state index is 0. The summed E-state index contributed by atoms with van der Waals surface area (Å²) in [6.45, 7) is 11.8. The second-order valence-electron chi connectivity index (χ2n) is 1.50. The normalized spacial score (nSPS) is 5.25. The van der Waals surface area contributed by atoms with E-state index in [1.165, 1.54) is 0 Å². The maximum atomic E-state index is 3.25. The Balaban J connectivity index is -0.0000000183. The summed E-state index contributed by atoms with van der Waals surface area (Å²) in [7, 11) is 0.120. The summed E-state index contributed by atoms with van der Waals surface area (Å²) >= 11 is 0. The van der Waals surface area contributed by atoms with Crippen LogP contribution in [0.2, 0.25) is 19.6 Å². The molecule has 0 aromatic heterocycles. The van der Waals surface area contributed by atoms with Crippen molar-refractivity contribution in [2.75, 3.05) is 0 Å². The SMILES string of the molecule is C[Si](C)C.[CH2-]C.[CH3-].[Sc]. The maximum Gasteiger partial charge on any atom is 0.0379 e. The molecule has 0 fully saturated rings. The molecule has 0 rings (SSSR count). The van der Waals surface area contributed by atoms with Crippen molar-refractivity contribution in [3.8, 4) is 0 Å². The van der Waals surface area contributed by atoms with E-state index in [9.17, 15) is 0 Å². The van der Waals surface area contributed by atoms with Gasteiger partial charge in [-0.3, -0.25) is 0 Å². The molecule has 0 saturated carbocycles. The van der Waals surface area contributed by atoms with E-state index in [2.05, 4.69) is 26.6 Å². The van der Waals surface area contributed by atoms with Crippen LogP contribution < -0.4 is 0 Å². The van der Waals surface area contributed by atoms with E-state index in [0.29, 0.717) is 0 Å². The Morgan fingerprint density at radius 1 is 1.00 bits per heavy atom. The van der Waals surface area contributed by atoms with Gasteiger partial charge in [0.2, 0.25) is 0 Å². The molecule has 0 aliphatic rings. The van der Waals surface area contributed by atoms with Crippen molar-refractivity contribution < 1.29 is 25.8 Å². The Bertz CT molecular complexity index is 13.2. The predicted molar refractivity (Wildman–Crippen MR) is 40.8 cm³/mol. The van der Waals surface area contributed by atoms with E-state index < -0.39 is 0 Å². The van der Waals surface area contributed by atoms with Gasteiger partial charge in [0, 0.05) is 34.6 Å². The Kier molecular flexibility index (Phi) is 69.8. The minimum absolute atomic E-state index is 0. The fourth-order valence-corrected chi connectivity index (χ4v) is 0. The van der Waals surface area contributed by atoms with E-state index in [1.807, 2.05) is 0 Å². The monoisotopic (exact) mass is 162 g/mol. The van der Waals surface area contributed by atoms with Crippen molar-refractivity contribution in [1.29, 1.82) is 0 Å². The molecule has 2 radical (unpaired) electrons. The summed E-state index contributed by atoms with van der Waals surface area (Å²) in [5.41, 5.74) is 0. The van der Waals surface area contributed by atoms with Crippen LogP contribution in [0.5, 0.6) is 0 Å². The molecule has 0 nitrogen and oxygen atoms in total. The first kappa shape index (κ1) is 23.0. The average Bonchev–Trinajstić information content (AvgIpc) is 1.41. The molecule has 0 aromatic rings. The fraction of sp³-hybridized carbons (Fsp3) is 0.667. The Hall–Kier alpha value is 1.09. The van der Waals surface area contributed by atoms with Gasteiger partial charge in [-0.1, -0.05) is 19.6 Å². The summed E-state index contributed by atoms with van der Waals surface area (Å²) in [5.74, 6) is 0. The van der Waals surface area contributed by atoms with Crippen molar-refractivity contribution in [3.05, 3.63) is 14.4 Å². The zero-order valence-corrected chi connectivity index (χ0v) is 9.59. The molecule has 0 aliphatic carbocycles. The van der Waals surface area contributed by atoms with Gasteiger partial charge in [-0.2, -0.15) is 6.92 Å². The van der Waals surface area contributed by atoms with Gasteiger partial charge in [-0.25, -0.2) is 0 Å². The van der Waals surface area contributed by atoms with Gasteiger partial charge in [0.1, 0.15) is 0 Å². The van der Waals surface area contributed by atoms with Gasteiger partial charge in [0.15, 0.2) is 0 Å². The first-order valence-electron chi connectivity index (χ1n) is 2.21. The van der Waals surface area contributed by atoms with Crippen molar-refractivity contribution in [1.82, 2.24) is 0 Å². The van der Waals surface area contributed by atoms with Crippen LogP contribution in [0.4, 0.5) is 0 Å². The smallest absolute Gasteiger partial charge is 0.0379 e. The summed E-state index contributed by atoms with van der Waals surface area (Å²) in [6, 6.07) is 0. The topological polar surface area (TPSA) is 0 Å². The molecule has 8 heavy (non-hydrogen) atoms. The summed E-state index contributed by atoms with van der Waals surface area (Å²) in [6.07, 6.45) is 0. The molecule has 0 N–H and O–H groups in total. The van der Waals surface area contributed by atoms with Crippen LogP contribution in [0.15, 0.2) is 0 Å². The van der Waals surface area contributed by atoms with Crippen LogP contribution in [-0.4, -0.2) is 8.80 Å². The van der Waals surface area contributed by atoms with E-state index in [-0.39, 0.29) is 42.1 Å². The van der Waals surface area contributed by atoms with E-state index >= 15 is 0 Å². The van der Waals surface area contributed by atoms with Crippen LogP contribution in [0.3, 0.4) is 0 Å². The second kappa shape index (κ2) is 24.3. The Labute approximate surface area is 75.5 Å². The molecule has 0 spiro atoms. The first-order chi connectivity index (χ1) is 2.73. The van der Waals surface area contributed by atoms with E-state index in [1.54, 1.807) is 6.92 Å². The summed E-state index contributed by atoms with van der Waals surface area (Å²) in [4.78, 5) is 0. The molecule has 0 bridgehead atoms. The largest absolute Gasteiger partial charge is 0.358 e. The summed E-state index contributed by atoms with van der Waals surface area (Å²) in [5, 5.41) is 0. The third kappa shape index (κ3) is 222. The van der Waals surface area contributed by atoms with Crippen LogP contribution in [0.25, 0.3) is 0 Å². The molecule has 0 aliphatic heterocycles. The first-order valence-corrected chi connectivity index (χ1v) is 5.21. The molecule has 0 amide bonds. The van der Waals surface area contributed by atoms with E-state index in [0.717, 1.165) is 0 Å². The predicted octanol–water partition coefficient (Wildman–Crippen LogP) is 2.66.